The summed E-state index contributed by atoms with van der Waals surface area (Å²) in [4.78, 5) is 0. The van der Waals surface area contributed by atoms with Gasteiger partial charge in [0.1, 0.15) is 0 Å². The molecule has 0 aromatic heterocycles. The highest BCUT2D eigenvalue weighted by Gasteiger charge is 2.18. The lowest BCUT2D eigenvalue weighted by molar-refractivity contribution is 0.385. The fourth-order valence-electron chi connectivity index (χ4n) is 2.07. The number of ether oxygens (including phenoxy) is 1. The van der Waals surface area contributed by atoms with E-state index in [0.29, 0.717) is 11.8 Å². The van der Waals surface area contributed by atoms with Crippen LogP contribution in [0.15, 0.2) is 18.2 Å². The lowest BCUT2D eigenvalue weighted by atomic mass is 10.1. The van der Waals surface area contributed by atoms with Crippen LogP contribution >= 0.6 is 11.8 Å². The summed E-state index contributed by atoms with van der Waals surface area (Å²) in [6, 6.07) is 5.89. The molecule has 2 rings (SSSR count). The second-order valence-electron chi connectivity index (χ2n) is 4.34. The van der Waals surface area contributed by atoms with Gasteiger partial charge in [-0.2, -0.15) is 11.8 Å². The minimum Gasteiger partial charge on any atom is -0.494 e. The molecule has 1 fully saturated rings. The molecular formula is C13H18FNOS. The van der Waals surface area contributed by atoms with Gasteiger partial charge in [0.25, 0.3) is 0 Å². The Bertz CT molecular complexity index is 380. The maximum atomic E-state index is 13.6. The van der Waals surface area contributed by atoms with Crippen molar-refractivity contribution in [1.82, 2.24) is 5.32 Å². The SMILES string of the molecule is COc1ccc(C(C)NC2CCSC2)cc1F. The van der Waals surface area contributed by atoms with E-state index in [0.717, 1.165) is 11.3 Å². The fourth-order valence-corrected chi connectivity index (χ4v) is 3.23. The minimum atomic E-state index is -0.292. The van der Waals surface area contributed by atoms with E-state index in [4.69, 9.17) is 4.74 Å². The van der Waals surface area contributed by atoms with Gasteiger partial charge in [0, 0.05) is 17.8 Å². The second kappa shape index (κ2) is 5.74. The molecule has 1 aromatic carbocycles. The average Bonchev–Trinajstić information content (AvgIpc) is 2.81. The van der Waals surface area contributed by atoms with Gasteiger partial charge in [-0.1, -0.05) is 6.07 Å². The number of hydrogen-bond acceptors (Lipinski definition) is 3. The lowest BCUT2D eigenvalue weighted by Gasteiger charge is -2.19. The predicted molar refractivity (Wildman–Crippen MR) is 70.2 cm³/mol. The molecule has 2 atom stereocenters. The Morgan fingerprint density at radius 3 is 2.94 bits per heavy atom. The minimum absolute atomic E-state index is 0.180. The Kier molecular flexibility index (Phi) is 4.29. The molecule has 2 nitrogen and oxygen atoms in total. The van der Waals surface area contributed by atoms with E-state index in [1.807, 2.05) is 17.8 Å². The van der Waals surface area contributed by atoms with Gasteiger partial charge in [-0.15, -0.1) is 0 Å². The van der Waals surface area contributed by atoms with E-state index in [2.05, 4.69) is 12.2 Å². The van der Waals surface area contributed by atoms with Gasteiger partial charge < -0.3 is 10.1 Å². The maximum absolute atomic E-state index is 13.6. The van der Waals surface area contributed by atoms with E-state index in [1.165, 1.54) is 19.3 Å². The third-order valence-electron chi connectivity index (χ3n) is 3.09. The summed E-state index contributed by atoms with van der Waals surface area (Å²) >= 11 is 1.97. The highest BCUT2D eigenvalue weighted by atomic mass is 32.2. The Morgan fingerprint density at radius 2 is 2.35 bits per heavy atom. The second-order valence-corrected chi connectivity index (χ2v) is 5.49. The van der Waals surface area contributed by atoms with Crippen molar-refractivity contribution >= 4 is 11.8 Å². The molecule has 0 aliphatic carbocycles. The first kappa shape index (κ1) is 12.7. The molecule has 0 radical (unpaired) electrons. The van der Waals surface area contributed by atoms with Crippen molar-refractivity contribution in [2.75, 3.05) is 18.6 Å². The van der Waals surface area contributed by atoms with Crippen LogP contribution in [0.4, 0.5) is 4.39 Å². The van der Waals surface area contributed by atoms with E-state index >= 15 is 0 Å². The lowest BCUT2D eigenvalue weighted by Crippen LogP contribution is -2.31. The zero-order valence-electron chi connectivity index (χ0n) is 10.2. The van der Waals surface area contributed by atoms with Crippen LogP contribution in [0, 0.1) is 5.82 Å². The van der Waals surface area contributed by atoms with Crippen LogP contribution in [0.5, 0.6) is 5.75 Å². The molecule has 1 heterocycles. The molecule has 1 aromatic rings. The Morgan fingerprint density at radius 1 is 1.53 bits per heavy atom. The quantitative estimate of drug-likeness (QED) is 0.893. The smallest absolute Gasteiger partial charge is 0.165 e. The molecule has 4 heteroatoms. The van der Waals surface area contributed by atoms with Gasteiger partial charge in [0.2, 0.25) is 0 Å². The van der Waals surface area contributed by atoms with Crippen LogP contribution in [-0.4, -0.2) is 24.7 Å². The summed E-state index contributed by atoms with van der Waals surface area (Å²) in [7, 11) is 1.48. The molecule has 1 N–H and O–H groups in total. The van der Waals surface area contributed by atoms with Crippen LogP contribution < -0.4 is 10.1 Å². The molecular weight excluding hydrogens is 237 g/mol. The van der Waals surface area contributed by atoms with E-state index in [-0.39, 0.29) is 11.9 Å². The summed E-state index contributed by atoms with van der Waals surface area (Å²) in [5.74, 6) is 2.39. The number of methoxy groups -OCH3 is 1. The summed E-state index contributed by atoms with van der Waals surface area (Å²) in [5.41, 5.74) is 0.972. The van der Waals surface area contributed by atoms with E-state index in [1.54, 1.807) is 12.1 Å². The topological polar surface area (TPSA) is 21.3 Å². The summed E-state index contributed by atoms with van der Waals surface area (Å²) in [5, 5.41) is 3.53. The molecule has 0 saturated carbocycles. The van der Waals surface area contributed by atoms with Gasteiger partial charge in [-0.3, -0.25) is 0 Å². The first-order chi connectivity index (χ1) is 8.20. The molecule has 1 saturated heterocycles. The van der Waals surface area contributed by atoms with Crippen molar-refractivity contribution in [1.29, 1.82) is 0 Å². The molecule has 2 unspecified atom stereocenters. The van der Waals surface area contributed by atoms with Gasteiger partial charge in [-0.05, 0) is 36.8 Å². The third kappa shape index (κ3) is 3.13. The molecule has 1 aliphatic heterocycles. The normalized spacial score (nSPS) is 21.5. The molecule has 1 aliphatic rings. The number of rotatable bonds is 4. The van der Waals surface area contributed by atoms with Crippen molar-refractivity contribution < 1.29 is 9.13 Å². The number of nitrogens with one attached hydrogen (secondary N) is 1. The Labute approximate surface area is 106 Å². The van der Waals surface area contributed by atoms with Crippen molar-refractivity contribution in [2.24, 2.45) is 0 Å². The molecule has 94 valence electrons. The van der Waals surface area contributed by atoms with E-state index < -0.39 is 0 Å². The molecule has 17 heavy (non-hydrogen) atoms. The summed E-state index contributed by atoms with van der Waals surface area (Å²) in [6.07, 6.45) is 1.20. The summed E-state index contributed by atoms with van der Waals surface area (Å²) < 4.78 is 18.5. The fraction of sp³-hybridized carbons (Fsp3) is 0.538. The Hall–Kier alpha value is -0.740. The first-order valence-electron chi connectivity index (χ1n) is 5.88. The van der Waals surface area contributed by atoms with Gasteiger partial charge >= 0.3 is 0 Å². The van der Waals surface area contributed by atoms with Crippen LogP contribution in [0.1, 0.15) is 24.9 Å². The Balaban J connectivity index is 2.02. The summed E-state index contributed by atoms with van der Waals surface area (Å²) in [6.45, 7) is 2.07. The van der Waals surface area contributed by atoms with Crippen LogP contribution in [0.3, 0.4) is 0 Å². The number of benzene rings is 1. The average molecular weight is 255 g/mol. The first-order valence-corrected chi connectivity index (χ1v) is 7.03. The van der Waals surface area contributed by atoms with Crippen LogP contribution in [0.25, 0.3) is 0 Å². The highest BCUT2D eigenvalue weighted by molar-refractivity contribution is 7.99. The van der Waals surface area contributed by atoms with Gasteiger partial charge in [0.05, 0.1) is 7.11 Å². The van der Waals surface area contributed by atoms with Crippen molar-refractivity contribution in [3.8, 4) is 5.75 Å². The maximum Gasteiger partial charge on any atom is 0.165 e. The predicted octanol–water partition coefficient (Wildman–Crippen LogP) is 2.99. The zero-order valence-corrected chi connectivity index (χ0v) is 11.0. The van der Waals surface area contributed by atoms with E-state index in [9.17, 15) is 4.39 Å². The van der Waals surface area contributed by atoms with Crippen LogP contribution in [0.2, 0.25) is 0 Å². The highest BCUT2D eigenvalue weighted by Crippen LogP contribution is 2.24. The van der Waals surface area contributed by atoms with Gasteiger partial charge in [-0.25, -0.2) is 4.39 Å². The monoisotopic (exact) mass is 255 g/mol. The third-order valence-corrected chi connectivity index (χ3v) is 4.25. The molecule has 0 spiro atoms. The van der Waals surface area contributed by atoms with Crippen molar-refractivity contribution in [3.63, 3.8) is 0 Å². The van der Waals surface area contributed by atoms with Gasteiger partial charge in [0.15, 0.2) is 11.6 Å². The molecule has 0 bridgehead atoms. The zero-order chi connectivity index (χ0) is 12.3. The van der Waals surface area contributed by atoms with Crippen molar-refractivity contribution in [2.45, 2.75) is 25.4 Å². The van der Waals surface area contributed by atoms with Crippen LogP contribution in [-0.2, 0) is 0 Å². The number of thioether (sulfide) groups is 1. The molecule has 0 amide bonds. The number of halogens is 1. The number of hydrogen-bond donors (Lipinski definition) is 1. The van der Waals surface area contributed by atoms with Crippen molar-refractivity contribution in [3.05, 3.63) is 29.6 Å². The standard InChI is InChI=1S/C13H18FNOS/c1-9(15-11-5-6-17-8-11)10-3-4-13(16-2)12(14)7-10/h3-4,7,9,11,15H,5-6,8H2,1-2H3. The largest absolute Gasteiger partial charge is 0.494 e.